The molecule has 0 amide bonds. The number of carboxylic acids is 1. The lowest BCUT2D eigenvalue weighted by atomic mass is 10.0. The van der Waals surface area contributed by atoms with Crippen molar-refractivity contribution in [3.8, 4) is 23.0 Å². The van der Waals surface area contributed by atoms with E-state index in [4.69, 9.17) is 5.26 Å². The first-order valence-electron chi connectivity index (χ1n) is 8.48. The number of nitriles is 1. The number of benzene rings is 2. The largest absolute Gasteiger partial charge is 0.478 e. The van der Waals surface area contributed by atoms with Crippen molar-refractivity contribution in [1.82, 2.24) is 9.78 Å². The van der Waals surface area contributed by atoms with Crippen LogP contribution in [-0.4, -0.2) is 20.9 Å². The van der Waals surface area contributed by atoms with Crippen molar-refractivity contribution in [1.29, 1.82) is 5.26 Å². The Labute approximate surface area is 152 Å². The monoisotopic (exact) mass is 345 g/mol. The van der Waals surface area contributed by atoms with Gasteiger partial charge in [-0.15, -0.1) is 0 Å². The zero-order valence-corrected chi connectivity index (χ0v) is 14.7. The van der Waals surface area contributed by atoms with Crippen LogP contribution in [0, 0.1) is 18.3 Å². The van der Waals surface area contributed by atoms with E-state index in [0.29, 0.717) is 28.9 Å². The Morgan fingerprint density at radius 1 is 1.15 bits per heavy atom. The molecular weight excluding hydrogens is 326 g/mol. The average molecular weight is 345 g/mol. The highest BCUT2D eigenvalue weighted by molar-refractivity contribution is 5.96. The van der Waals surface area contributed by atoms with Gasteiger partial charge in [0.15, 0.2) is 0 Å². The summed E-state index contributed by atoms with van der Waals surface area (Å²) < 4.78 is 1.72. The van der Waals surface area contributed by atoms with Crippen molar-refractivity contribution in [2.24, 2.45) is 0 Å². The maximum atomic E-state index is 12.0. The van der Waals surface area contributed by atoms with Crippen molar-refractivity contribution in [2.75, 3.05) is 0 Å². The first-order valence-corrected chi connectivity index (χ1v) is 8.48. The minimum atomic E-state index is -0.994. The highest BCUT2D eigenvalue weighted by Crippen LogP contribution is 2.29. The fourth-order valence-electron chi connectivity index (χ4n) is 2.95. The third kappa shape index (κ3) is 3.22. The fraction of sp³-hybridized carbons (Fsp3) is 0.190. The summed E-state index contributed by atoms with van der Waals surface area (Å²) in [6, 6.07) is 16.7. The highest BCUT2D eigenvalue weighted by atomic mass is 16.4. The number of nitrogens with zero attached hydrogens (tertiary/aromatic N) is 3. The van der Waals surface area contributed by atoms with E-state index in [0.717, 1.165) is 17.7 Å². The lowest BCUT2D eigenvalue weighted by Gasteiger charge is -2.07. The average Bonchev–Trinajstić information content (AvgIpc) is 3.02. The van der Waals surface area contributed by atoms with E-state index in [2.05, 4.69) is 11.2 Å². The predicted octanol–water partition coefficient (Wildman–Crippen LogP) is 4.37. The lowest BCUT2D eigenvalue weighted by molar-refractivity contribution is 0.0696. The van der Waals surface area contributed by atoms with Crippen LogP contribution in [-0.2, 0) is 6.42 Å². The highest BCUT2D eigenvalue weighted by Gasteiger charge is 2.24. The van der Waals surface area contributed by atoms with Crippen LogP contribution >= 0.6 is 0 Å². The van der Waals surface area contributed by atoms with Crippen LogP contribution in [0.5, 0.6) is 0 Å². The van der Waals surface area contributed by atoms with Gasteiger partial charge in [-0.3, -0.25) is 0 Å². The summed E-state index contributed by atoms with van der Waals surface area (Å²) >= 11 is 0. The van der Waals surface area contributed by atoms with Crippen molar-refractivity contribution in [3.05, 3.63) is 70.9 Å². The van der Waals surface area contributed by atoms with Gasteiger partial charge in [-0.05, 0) is 37.6 Å². The Hall–Kier alpha value is -3.39. The molecule has 0 spiro atoms. The molecule has 3 rings (SSSR count). The van der Waals surface area contributed by atoms with E-state index in [1.165, 1.54) is 0 Å². The maximum absolute atomic E-state index is 12.0. The Balaban J connectivity index is 2.23. The van der Waals surface area contributed by atoms with Crippen LogP contribution in [0.25, 0.3) is 16.9 Å². The number of carbonyl (C=O) groups is 1. The van der Waals surface area contributed by atoms with Gasteiger partial charge in [0.05, 0.1) is 23.0 Å². The van der Waals surface area contributed by atoms with E-state index < -0.39 is 5.97 Å². The van der Waals surface area contributed by atoms with Gasteiger partial charge in [0.25, 0.3) is 0 Å². The van der Waals surface area contributed by atoms with E-state index in [-0.39, 0.29) is 5.56 Å². The van der Waals surface area contributed by atoms with Gasteiger partial charge in [0, 0.05) is 5.56 Å². The Kier molecular flexibility index (Phi) is 4.85. The second kappa shape index (κ2) is 7.24. The van der Waals surface area contributed by atoms with Crippen LogP contribution in [0.3, 0.4) is 0 Å². The summed E-state index contributed by atoms with van der Waals surface area (Å²) in [4.78, 5) is 12.0. The molecule has 5 heteroatoms. The molecular formula is C21H19N3O2. The molecule has 0 atom stereocenters. The summed E-state index contributed by atoms with van der Waals surface area (Å²) in [6.45, 7) is 4.02. The molecule has 5 nitrogen and oxygen atoms in total. The first-order chi connectivity index (χ1) is 12.5. The number of rotatable bonds is 5. The Bertz CT molecular complexity index is 978. The molecule has 1 N–H and O–H groups in total. The first kappa shape index (κ1) is 17.4. The molecule has 0 aliphatic rings. The van der Waals surface area contributed by atoms with Gasteiger partial charge in [-0.1, -0.05) is 43.2 Å². The predicted molar refractivity (Wildman–Crippen MR) is 99.4 cm³/mol. The molecule has 0 radical (unpaired) electrons. The molecule has 130 valence electrons. The number of aryl methyl sites for hydroxylation is 1. The molecule has 0 bridgehead atoms. The minimum Gasteiger partial charge on any atom is -0.478 e. The number of aromatic carboxylic acids is 1. The molecule has 0 saturated carbocycles. The van der Waals surface area contributed by atoms with Crippen LogP contribution in [0.2, 0.25) is 0 Å². The molecule has 0 fully saturated rings. The molecule has 0 unspecified atom stereocenters. The number of aromatic nitrogens is 2. The van der Waals surface area contributed by atoms with Gasteiger partial charge >= 0.3 is 5.97 Å². The van der Waals surface area contributed by atoms with Crippen LogP contribution in [0.1, 0.15) is 40.5 Å². The van der Waals surface area contributed by atoms with Gasteiger partial charge in [-0.2, -0.15) is 10.4 Å². The third-order valence-corrected chi connectivity index (χ3v) is 4.25. The molecule has 1 aromatic heterocycles. The standard InChI is InChI=1S/C21H19N3O2/c1-3-4-18-19(21(25)26)20(16-9-7-15(13-22)8-10-16)23-24(18)17-11-5-14(2)6-12-17/h5-12H,3-4H2,1-2H3,(H,25,26). The second-order valence-electron chi connectivity index (χ2n) is 6.16. The van der Waals surface area contributed by atoms with E-state index in [1.807, 2.05) is 38.1 Å². The van der Waals surface area contributed by atoms with Gasteiger partial charge in [0.1, 0.15) is 11.3 Å². The topological polar surface area (TPSA) is 78.9 Å². The number of hydrogen-bond acceptors (Lipinski definition) is 3. The van der Waals surface area contributed by atoms with Crippen molar-refractivity contribution in [3.63, 3.8) is 0 Å². The quantitative estimate of drug-likeness (QED) is 0.745. The summed E-state index contributed by atoms with van der Waals surface area (Å²) in [5.41, 5.74) is 4.50. The van der Waals surface area contributed by atoms with Crippen LogP contribution in [0.15, 0.2) is 48.5 Å². The molecule has 0 aliphatic carbocycles. The SMILES string of the molecule is CCCc1c(C(=O)O)c(-c2ccc(C#N)cc2)nn1-c1ccc(C)cc1. The van der Waals surface area contributed by atoms with Crippen molar-refractivity contribution >= 4 is 5.97 Å². The molecule has 26 heavy (non-hydrogen) atoms. The Morgan fingerprint density at radius 2 is 1.81 bits per heavy atom. The summed E-state index contributed by atoms with van der Waals surface area (Å²) in [7, 11) is 0. The zero-order chi connectivity index (χ0) is 18.7. The second-order valence-corrected chi connectivity index (χ2v) is 6.16. The van der Waals surface area contributed by atoms with Crippen LogP contribution in [0.4, 0.5) is 0 Å². The lowest BCUT2D eigenvalue weighted by Crippen LogP contribution is -2.06. The van der Waals surface area contributed by atoms with Gasteiger partial charge in [-0.25, -0.2) is 9.48 Å². The normalized spacial score (nSPS) is 10.5. The van der Waals surface area contributed by atoms with E-state index in [1.54, 1.807) is 28.9 Å². The number of carboxylic acid groups (broad SMARTS) is 1. The van der Waals surface area contributed by atoms with Crippen molar-refractivity contribution < 1.29 is 9.90 Å². The molecule has 2 aromatic carbocycles. The van der Waals surface area contributed by atoms with Crippen LogP contribution < -0.4 is 0 Å². The zero-order valence-electron chi connectivity index (χ0n) is 14.7. The molecule has 0 aliphatic heterocycles. The summed E-state index contributed by atoms with van der Waals surface area (Å²) in [5.74, 6) is -0.994. The van der Waals surface area contributed by atoms with E-state index >= 15 is 0 Å². The Morgan fingerprint density at radius 3 is 2.35 bits per heavy atom. The summed E-state index contributed by atoms with van der Waals surface area (Å²) in [5, 5.41) is 23.4. The minimum absolute atomic E-state index is 0.220. The number of hydrogen-bond donors (Lipinski definition) is 1. The smallest absolute Gasteiger partial charge is 0.339 e. The molecule has 1 heterocycles. The van der Waals surface area contributed by atoms with E-state index in [9.17, 15) is 9.90 Å². The van der Waals surface area contributed by atoms with Gasteiger partial charge < -0.3 is 5.11 Å². The fourth-order valence-corrected chi connectivity index (χ4v) is 2.95. The maximum Gasteiger partial charge on any atom is 0.339 e. The molecule has 3 aromatic rings. The van der Waals surface area contributed by atoms with Crippen molar-refractivity contribution in [2.45, 2.75) is 26.7 Å². The molecule has 0 saturated heterocycles. The van der Waals surface area contributed by atoms with Gasteiger partial charge in [0.2, 0.25) is 0 Å². The summed E-state index contributed by atoms with van der Waals surface area (Å²) in [6.07, 6.45) is 1.42. The third-order valence-electron chi connectivity index (χ3n) is 4.25.